The second kappa shape index (κ2) is 5.17. The normalized spacial score (nSPS) is 24.2. The molecule has 0 N–H and O–H groups in total. The standard InChI is InChI=1S/C21H31NO/c1-19(2,3)18(23)17-13-21(14-22(17)20(4,5)6)11-15-9-7-8-10-16(15)12-21/h7-10,17H,11-14H2,1-6H3. The topological polar surface area (TPSA) is 20.3 Å². The molecule has 1 aliphatic heterocycles. The fourth-order valence-electron chi connectivity index (χ4n) is 4.52. The van der Waals surface area contributed by atoms with E-state index in [9.17, 15) is 4.79 Å². The number of Topliss-reactive ketones (excluding diaryl/α,β-unsaturated/α-hetero) is 1. The summed E-state index contributed by atoms with van der Waals surface area (Å²) in [5.74, 6) is 0.403. The van der Waals surface area contributed by atoms with Crippen LogP contribution in [-0.4, -0.2) is 28.8 Å². The molecule has 1 saturated heterocycles. The summed E-state index contributed by atoms with van der Waals surface area (Å²) in [6.07, 6.45) is 3.27. The van der Waals surface area contributed by atoms with Crippen LogP contribution in [0.4, 0.5) is 0 Å². The Morgan fingerprint density at radius 2 is 1.57 bits per heavy atom. The van der Waals surface area contributed by atoms with Gasteiger partial charge in [-0.2, -0.15) is 0 Å². The first-order valence-electron chi connectivity index (χ1n) is 8.90. The lowest BCUT2D eigenvalue weighted by Crippen LogP contribution is -2.50. The highest BCUT2D eigenvalue weighted by atomic mass is 16.1. The van der Waals surface area contributed by atoms with Crippen LogP contribution >= 0.6 is 0 Å². The van der Waals surface area contributed by atoms with Gasteiger partial charge in [-0.15, -0.1) is 0 Å². The van der Waals surface area contributed by atoms with Crippen LogP contribution in [0.2, 0.25) is 0 Å². The van der Waals surface area contributed by atoms with Crippen LogP contribution < -0.4 is 0 Å². The van der Waals surface area contributed by atoms with Gasteiger partial charge in [0.2, 0.25) is 0 Å². The molecule has 0 radical (unpaired) electrons. The summed E-state index contributed by atoms with van der Waals surface area (Å²) in [5, 5.41) is 0. The Labute approximate surface area is 141 Å². The molecule has 2 nitrogen and oxygen atoms in total. The quantitative estimate of drug-likeness (QED) is 0.772. The molecule has 0 aromatic heterocycles. The zero-order chi connectivity index (χ0) is 17.0. The molecule has 1 heterocycles. The van der Waals surface area contributed by atoms with Crippen LogP contribution in [-0.2, 0) is 17.6 Å². The van der Waals surface area contributed by atoms with Crippen LogP contribution in [0.3, 0.4) is 0 Å². The summed E-state index contributed by atoms with van der Waals surface area (Å²) in [7, 11) is 0. The van der Waals surface area contributed by atoms with Gasteiger partial charge in [-0.25, -0.2) is 0 Å². The van der Waals surface area contributed by atoms with Crippen molar-refractivity contribution in [1.29, 1.82) is 0 Å². The lowest BCUT2D eigenvalue weighted by Gasteiger charge is -2.38. The first-order chi connectivity index (χ1) is 10.5. The van der Waals surface area contributed by atoms with E-state index < -0.39 is 0 Å². The Morgan fingerprint density at radius 1 is 1.04 bits per heavy atom. The van der Waals surface area contributed by atoms with Gasteiger partial charge in [-0.05, 0) is 56.6 Å². The number of benzene rings is 1. The highest BCUT2D eigenvalue weighted by Crippen LogP contribution is 2.49. The van der Waals surface area contributed by atoms with E-state index in [1.165, 1.54) is 11.1 Å². The number of carbonyl (C=O) groups is 1. The van der Waals surface area contributed by atoms with E-state index in [4.69, 9.17) is 0 Å². The van der Waals surface area contributed by atoms with Crippen molar-refractivity contribution in [3.8, 4) is 0 Å². The molecule has 0 amide bonds. The predicted octanol–water partition coefficient (Wildman–Crippen LogP) is 4.26. The Kier molecular flexibility index (Phi) is 3.76. The molecule has 0 bridgehead atoms. The van der Waals surface area contributed by atoms with E-state index in [2.05, 4.69) is 70.7 Å². The number of hydrogen-bond donors (Lipinski definition) is 0. The van der Waals surface area contributed by atoms with Crippen LogP contribution in [0.5, 0.6) is 0 Å². The molecule has 126 valence electrons. The fraction of sp³-hybridized carbons (Fsp3) is 0.667. The highest BCUT2D eigenvalue weighted by molar-refractivity contribution is 5.89. The van der Waals surface area contributed by atoms with Gasteiger partial charge in [0, 0.05) is 17.5 Å². The molecule has 0 saturated carbocycles. The second-order valence-corrected chi connectivity index (χ2v) is 9.76. The molecule has 1 aliphatic carbocycles. The molecular formula is C21H31NO. The molecular weight excluding hydrogens is 282 g/mol. The van der Waals surface area contributed by atoms with Crippen LogP contribution in [0.25, 0.3) is 0 Å². The summed E-state index contributed by atoms with van der Waals surface area (Å²) in [4.78, 5) is 15.6. The molecule has 23 heavy (non-hydrogen) atoms. The van der Waals surface area contributed by atoms with E-state index in [1.54, 1.807) is 0 Å². The predicted molar refractivity (Wildman–Crippen MR) is 95.6 cm³/mol. The number of nitrogens with zero attached hydrogens (tertiary/aromatic N) is 1. The Morgan fingerprint density at radius 3 is 2.00 bits per heavy atom. The molecule has 1 atom stereocenters. The van der Waals surface area contributed by atoms with Crippen molar-refractivity contribution >= 4 is 5.78 Å². The molecule has 1 spiro atoms. The van der Waals surface area contributed by atoms with Crippen molar-refractivity contribution in [1.82, 2.24) is 4.90 Å². The van der Waals surface area contributed by atoms with Crippen molar-refractivity contribution < 1.29 is 4.79 Å². The summed E-state index contributed by atoms with van der Waals surface area (Å²) >= 11 is 0. The number of likely N-dealkylation sites (tertiary alicyclic amines) is 1. The van der Waals surface area contributed by atoms with Gasteiger partial charge in [0.1, 0.15) is 0 Å². The number of ketones is 1. The first-order valence-corrected chi connectivity index (χ1v) is 8.90. The van der Waals surface area contributed by atoms with Gasteiger partial charge in [0.15, 0.2) is 5.78 Å². The third kappa shape index (κ3) is 2.98. The van der Waals surface area contributed by atoms with E-state index in [1.807, 2.05) is 0 Å². The van der Waals surface area contributed by atoms with Gasteiger partial charge in [-0.1, -0.05) is 45.0 Å². The average molecular weight is 313 g/mol. The first kappa shape index (κ1) is 16.7. The third-order valence-corrected chi connectivity index (χ3v) is 5.66. The summed E-state index contributed by atoms with van der Waals surface area (Å²) in [5.41, 5.74) is 2.99. The average Bonchev–Trinajstić information content (AvgIpc) is 2.96. The fourth-order valence-corrected chi connectivity index (χ4v) is 4.52. The van der Waals surface area contributed by atoms with Crippen molar-refractivity contribution in [2.45, 2.75) is 72.4 Å². The molecule has 1 aromatic carbocycles. The highest BCUT2D eigenvalue weighted by Gasteiger charge is 2.53. The van der Waals surface area contributed by atoms with Gasteiger partial charge >= 0.3 is 0 Å². The van der Waals surface area contributed by atoms with Crippen molar-refractivity contribution in [3.63, 3.8) is 0 Å². The molecule has 1 fully saturated rings. The van der Waals surface area contributed by atoms with Gasteiger partial charge in [0.25, 0.3) is 0 Å². The minimum Gasteiger partial charge on any atom is -0.297 e. The molecule has 1 unspecified atom stereocenters. The molecule has 2 aliphatic rings. The second-order valence-electron chi connectivity index (χ2n) is 9.76. The van der Waals surface area contributed by atoms with Gasteiger partial charge < -0.3 is 0 Å². The van der Waals surface area contributed by atoms with Crippen LogP contribution in [0.1, 0.15) is 59.1 Å². The minimum atomic E-state index is -0.273. The van der Waals surface area contributed by atoms with E-state index in [-0.39, 0.29) is 22.4 Å². The van der Waals surface area contributed by atoms with Gasteiger partial charge in [0.05, 0.1) is 6.04 Å². The van der Waals surface area contributed by atoms with Crippen molar-refractivity contribution in [2.75, 3.05) is 6.54 Å². The van der Waals surface area contributed by atoms with Crippen molar-refractivity contribution in [3.05, 3.63) is 35.4 Å². The molecule has 1 aromatic rings. The van der Waals surface area contributed by atoms with E-state index in [0.717, 1.165) is 25.8 Å². The number of fused-ring (bicyclic) bond motifs is 1. The smallest absolute Gasteiger partial charge is 0.155 e. The van der Waals surface area contributed by atoms with Gasteiger partial charge in [-0.3, -0.25) is 9.69 Å². The maximum Gasteiger partial charge on any atom is 0.155 e. The van der Waals surface area contributed by atoms with Crippen LogP contribution in [0.15, 0.2) is 24.3 Å². The van der Waals surface area contributed by atoms with Crippen molar-refractivity contribution in [2.24, 2.45) is 10.8 Å². The summed E-state index contributed by atoms with van der Waals surface area (Å²) in [6.45, 7) is 14.0. The minimum absolute atomic E-state index is 0.0316. The summed E-state index contributed by atoms with van der Waals surface area (Å²) < 4.78 is 0. The molecule has 3 rings (SSSR count). The lowest BCUT2D eigenvalue weighted by molar-refractivity contribution is -0.132. The lowest BCUT2D eigenvalue weighted by atomic mass is 9.78. The largest absolute Gasteiger partial charge is 0.297 e. The maximum absolute atomic E-state index is 13.1. The Balaban J connectivity index is 1.92. The third-order valence-electron chi connectivity index (χ3n) is 5.66. The molecule has 2 heteroatoms. The van der Waals surface area contributed by atoms with Crippen LogP contribution in [0, 0.1) is 10.8 Å². The maximum atomic E-state index is 13.1. The summed E-state index contributed by atoms with van der Waals surface area (Å²) in [6, 6.07) is 8.89. The Bertz CT molecular complexity index is 592. The van der Waals surface area contributed by atoms with E-state index in [0.29, 0.717) is 5.78 Å². The monoisotopic (exact) mass is 313 g/mol. The number of rotatable bonds is 1. The number of carbonyl (C=O) groups excluding carboxylic acids is 1. The SMILES string of the molecule is CC(C)(C)C(=O)C1CC2(Cc3ccccc3C2)CN1C(C)(C)C. The number of hydrogen-bond acceptors (Lipinski definition) is 2. The zero-order valence-electron chi connectivity index (χ0n) is 15.6. The Hall–Kier alpha value is -1.15. The zero-order valence-corrected chi connectivity index (χ0v) is 15.6. The van der Waals surface area contributed by atoms with E-state index >= 15 is 0 Å².